The Morgan fingerprint density at radius 3 is 2.09 bits per heavy atom. The Kier molecular flexibility index (Phi) is 4.56. The highest BCUT2D eigenvalue weighted by Gasteiger charge is 2.33. The fourth-order valence-electron chi connectivity index (χ4n) is 2.05. The minimum Gasteiger partial charge on any atom is -0.406 e. The molecule has 0 aliphatic heterocycles. The van der Waals surface area contributed by atoms with E-state index in [1.54, 1.807) is 0 Å². The minimum absolute atomic E-state index is 0.231. The largest absolute Gasteiger partial charge is 0.573 e. The number of rotatable bonds is 3. The van der Waals surface area contributed by atoms with Gasteiger partial charge < -0.3 is 9.84 Å². The van der Waals surface area contributed by atoms with Crippen molar-refractivity contribution in [3.8, 4) is 16.9 Å². The highest BCUT2D eigenvalue weighted by molar-refractivity contribution is 5.66. The van der Waals surface area contributed by atoms with E-state index in [0.29, 0.717) is 0 Å². The van der Waals surface area contributed by atoms with Crippen LogP contribution in [0.5, 0.6) is 5.75 Å². The van der Waals surface area contributed by atoms with Gasteiger partial charge in [0.1, 0.15) is 5.75 Å². The Bertz CT molecular complexity index is 691. The van der Waals surface area contributed by atoms with Crippen LogP contribution in [0.15, 0.2) is 42.5 Å². The lowest BCUT2D eigenvalue weighted by molar-refractivity contribution is -0.274. The molecule has 0 unspecified atom stereocenters. The molecule has 2 rings (SSSR count). The summed E-state index contributed by atoms with van der Waals surface area (Å²) in [5, 5.41) is 9.09. The van der Waals surface area contributed by atoms with E-state index in [1.165, 1.54) is 12.1 Å². The predicted octanol–water partition coefficient (Wildman–Crippen LogP) is 4.76. The molecular formula is C15H10F6O2. The SMILES string of the molecule is OCc1cc(-c2cccc(OC(F)(F)F)c2)ccc1C(F)(F)F. The summed E-state index contributed by atoms with van der Waals surface area (Å²) < 4.78 is 78.7. The van der Waals surface area contributed by atoms with E-state index in [4.69, 9.17) is 5.11 Å². The molecule has 0 aromatic heterocycles. The molecule has 2 nitrogen and oxygen atoms in total. The Balaban J connectivity index is 2.41. The van der Waals surface area contributed by atoms with Gasteiger partial charge in [-0.05, 0) is 41.0 Å². The molecule has 0 atom stereocenters. The zero-order valence-electron chi connectivity index (χ0n) is 11.4. The van der Waals surface area contributed by atoms with Crippen molar-refractivity contribution in [2.45, 2.75) is 19.1 Å². The molecule has 1 N–H and O–H groups in total. The Morgan fingerprint density at radius 2 is 1.52 bits per heavy atom. The van der Waals surface area contributed by atoms with E-state index < -0.39 is 30.5 Å². The first-order valence-corrected chi connectivity index (χ1v) is 6.27. The molecule has 0 aliphatic rings. The van der Waals surface area contributed by atoms with Crippen molar-refractivity contribution in [1.29, 1.82) is 0 Å². The van der Waals surface area contributed by atoms with Gasteiger partial charge in [-0.25, -0.2) is 0 Å². The van der Waals surface area contributed by atoms with Crippen LogP contribution < -0.4 is 4.74 Å². The van der Waals surface area contributed by atoms with Crippen molar-refractivity contribution in [1.82, 2.24) is 0 Å². The molecule has 23 heavy (non-hydrogen) atoms. The van der Waals surface area contributed by atoms with Crippen molar-refractivity contribution < 1.29 is 36.2 Å². The average molecular weight is 336 g/mol. The van der Waals surface area contributed by atoms with Crippen LogP contribution in [0.2, 0.25) is 0 Å². The van der Waals surface area contributed by atoms with Crippen LogP contribution in [-0.4, -0.2) is 11.5 Å². The summed E-state index contributed by atoms with van der Waals surface area (Å²) in [6, 6.07) is 7.81. The average Bonchev–Trinajstić information content (AvgIpc) is 2.44. The topological polar surface area (TPSA) is 29.5 Å². The van der Waals surface area contributed by atoms with Crippen LogP contribution >= 0.6 is 0 Å². The summed E-state index contributed by atoms with van der Waals surface area (Å²) >= 11 is 0. The molecule has 0 saturated carbocycles. The zero-order chi connectivity index (χ0) is 17.3. The van der Waals surface area contributed by atoms with Crippen molar-refractivity contribution in [3.63, 3.8) is 0 Å². The molecule has 0 saturated heterocycles. The maximum atomic E-state index is 12.8. The lowest BCUT2D eigenvalue weighted by atomic mass is 9.99. The first-order valence-electron chi connectivity index (χ1n) is 6.27. The number of hydrogen-bond donors (Lipinski definition) is 1. The summed E-state index contributed by atoms with van der Waals surface area (Å²) in [5.74, 6) is -0.486. The number of hydrogen-bond acceptors (Lipinski definition) is 2. The number of halogens is 6. The van der Waals surface area contributed by atoms with Crippen LogP contribution in [0.1, 0.15) is 11.1 Å². The molecule has 0 aliphatic carbocycles. The molecule has 0 heterocycles. The minimum atomic E-state index is -4.87. The molecule has 0 bridgehead atoms. The van der Waals surface area contributed by atoms with E-state index >= 15 is 0 Å². The summed E-state index contributed by atoms with van der Waals surface area (Å²) in [6.45, 7) is -0.846. The standard InChI is InChI=1S/C15H10F6O2/c16-14(17,18)13-5-4-10(6-11(13)8-22)9-2-1-3-12(7-9)23-15(19,20)21/h1-7,22H,8H2. The molecule has 124 valence electrons. The first kappa shape index (κ1) is 17.1. The van der Waals surface area contributed by atoms with Gasteiger partial charge in [-0.3, -0.25) is 0 Å². The fourth-order valence-corrected chi connectivity index (χ4v) is 2.05. The van der Waals surface area contributed by atoms with Gasteiger partial charge in [0.2, 0.25) is 0 Å². The third kappa shape index (κ3) is 4.38. The Hall–Kier alpha value is -2.22. The number of aliphatic hydroxyl groups is 1. The van der Waals surface area contributed by atoms with Gasteiger partial charge >= 0.3 is 12.5 Å². The van der Waals surface area contributed by atoms with Crippen molar-refractivity contribution in [3.05, 3.63) is 53.6 Å². The summed E-state index contributed by atoms with van der Waals surface area (Å²) in [6.07, 6.45) is -9.49. The molecule has 2 aromatic rings. The number of ether oxygens (including phenoxy) is 1. The summed E-state index contributed by atoms with van der Waals surface area (Å²) in [4.78, 5) is 0. The lowest BCUT2D eigenvalue weighted by Crippen LogP contribution is -2.17. The van der Waals surface area contributed by atoms with Gasteiger partial charge in [0.25, 0.3) is 0 Å². The third-order valence-electron chi connectivity index (χ3n) is 2.98. The molecule has 2 aromatic carbocycles. The molecule has 0 radical (unpaired) electrons. The lowest BCUT2D eigenvalue weighted by Gasteiger charge is -2.14. The number of benzene rings is 2. The van der Waals surface area contributed by atoms with Gasteiger partial charge in [0, 0.05) is 0 Å². The van der Waals surface area contributed by atoms with E-state index in [1.807, 2.05) is 0 Å². The van der Waals surface area contributed by atoms with Crippen molar-refractivity contribution >= 4 is 0 Å². The van der Waals surface area contributed by atoms with Gasteiger partial charge in [0.05, 0.1) is 12.2 Å². The number of aliphatic hydroxyl groups excluding tert-OH is 1. The van der Waals surface area contributed by atoms with E-state index in [2.05, 4.69) is 4.74 Å². The smallest absolute Gasteiger partial charge is 0.406 e. The molecule has 0 fully saturated rings. The van der Waals surface area contributed by atoms with Gasteiger partial charge in [-0.15, -0.1) is 13.2 Å². The Labute approximate surface area is 126 Å². The van der Waals surface area contributed by atoms with Crippen LogP contribution in [0.3, 0.4) is 0 Å². The van der Waals surface area contributed by atoms with Crippen LogP contribution in [-0.2, 0) is 12.8 Å². The van der Waals surface area contributed by atoms with E-state index in [-0.39, 0.29) is 16.7 Å². The molecule has 8 heteroatoms. The van der Waals surface area contributed by atoms with Gasteiger partial charge in [0.15, 0.2) is 0 Å². The molecule has 0 amide bonds. The second-order valence-electron chi connectivity index (χ2n) is 4.60. The summed E-state index contributed by atoms with van der Waals surface area (Å²) in [5.41, 5.74) is -0.895. The van der Waals surface area contributed by atoms with E-state index in [9.17, 15) is 26.3 Å². The maximum absolute atomic E-state index is 12.8. The Morgan fingerprint density at radius 1 is 0.870 bits per heavy atom. The predicted molar refractivity (Wildman–Crippen MR) is 69.5 cm³/mol. The van der Waals surface area contributed by atoms with E-state index in [0.717, 1.165) is 30.3 Å². The maximum Gasteiger partial charge on any atom is 0.573 e. The summed E-state index contributed by atoms with van der Waals surface area (Å²) in [7, 11) is 0. The quantitative estimate of drug-likeness (QED) is 0.819. The highest BCUT2D eigenvalue weighted by atomic mass is 19.4. The second-order valence-corrected chi connectivity index (χ2v) is 4.60. The van der Waals surface area contributed by atoms with Crippen molar-refractivity contribution in [2.75, 3.05) is 0 Å². The van der Waals surface area contributed by atoms with Crippen molar-refractivity contribution in [2.24, 2.45) is 0 Å². The van der Waals surface area contributed by atoms with Gasteiger partial charge in [-0.1, -0.05) is 18.2 Å². The normalized spacial score (nSPS) is 12.3. The third-order valence-corrected chi connectivity index (χ3v) is 2.98. The zero-order valence-corrected chi connectivity index (χ0v) is 11.4. The molecular weight excluding hydrogens is 326 g/mol. The highest BCUT2D eigenvalue weighted by Crippen LogP contribution is 2.35. The van der Waals surface area contributed by atoms with Crippen LogP contribution in [0, 0.1) is 0 Å². The molecule has 0 spiro atoms. The first-order chi connectivity index (χ1) is 10.6. The fraction of sp³-hybridized carbons (Fsp3) is 0.200. The number of alkyl halides is 6. The van der Waals surface area contributed by atoms with Crippen LogP contribution in [0.4, 0.5) is 26.3 Å². The monoisotopic (exact) mass is 336 g/mol. The van der Waals surface area contributed by atoms with Crippen LogP contribution in [0.25, 0.3) is 11.1 Å². The van der Waals surface area contributed by atoms with Gasteiger partial charge in [-0.2, -0.15) is 13.2 Å². The second kappa shape index (κ2) is 6.11.